The zero-order chi connectivity index (χ0) is 24.0. The normalized spacial score (nSPS) is 30.9. The Kier molecular flexibility index (Phi) is 5.73. The van der Waals surface area contributed by atoms with E-state index in [1.165, 1.54) is 31.4 Å². The Morgan fingerprint density at radius 1 is 1.06 bits per heavy atom. The summed E-state index contributed by atoms with van der Waals surface area (Å²) in [4.78, 5) is 33.1. The van der Waals surface area contributed by atoms with Gasteiger partial charge in [0, 0.05) is 25.4 Å². The second-order valence-corrected chi connectivity index (χ2v) is 11.1. The van der Waals surface area contributed by atoms with E-state index in [1.807, 2.05) is 11.0 Å². The van der Waals surface area contributed by atoms with Crippen LogP contribution in [0.3, 0.4) is 0 Å². The molecule has 7 heteroatoms. The first-order valence-electron chi connectivity index (χ1n) is 12.9. The van der Waals surface area contributed by atoms with Crippen LogP contribution in [-0.2, 0) is 16.1 Å². The summed E-state index contributed by atoms with van der Waals surface area (Å²) < 4.78 is 18.8. The molecule has 1 aromatic carbocycles. The molecule has 35 heavy (non-hydrogen) atoms. The number of likely N-dealkylation sites (tertiary alicyclic amines) is 1. The minimum Gasteiger partial charge on any atom is -0.439 e. The average molecular weight is 478 g/mol. The van der Waals surface area contributed by atoms with Crippen molar-refractivity contribution in [2.75, 3.05) is 6.54 Å². The fourth-order valence-corrected chi connectivity index (χ4v) is 7.51. The van der Waals surface area contributed by atoms with Crippen LogP contribution in [0.4, 0.5) is 4.39 Å². The Morgan fingerprint density at radius 3 is 2.43 bits per heavy atom. The van der Waals surface area contributed by atoms with Crippen molar-refractivity contribution in [1.82, 2.24) is 15.2 Å². The summed E-state index contributed by atoms with van der Waals surface area (Å²) in [6.45, 7) is 1.01. The molecule has 1 unspecified atom stereocenters. The zero-order valence-electron chi connectivity index (χ0n) is 19.9. The summed E-state index contributed by atoms with van der Waals surface area (Å²) in [7, 11) is 0. The molecule has 4 bridgehead atoms. The Hall–Kier alpha value is -2.96. The molecule has 5 fully saturated rings. The van der Waals surface area contributed by atoms with Gasteiger partial charge in [-0.05, 0) is 105 Å². The topological polar surface area (TPSA) is 71.5 Å². The first kappa shape index (κ1) is 22.5. The molecule has 0 radical (unpaired) electrons. The number of halogens is 1. The van der Waals surface area contributed by atoms with Crippen LogP contribution in [-0.4, -0.2) is 34.3 Å². The van der Waals surface area contributed by atoms with Crippen molar-refractivity contribution in [2.45, 2.75) is 64.0 Å². The third kappa shape index (κ3) is 4.41. The summed E-state index contributed by atoms with van der Waals surface area (Å²) in [6, 6.07) is 8.95. The van der Waals surface area contributed by atoms with Gasteiger partial charge in [0.25, 0.3) is 0 Å². The first-order chi connectivity index (χ1) is 17.0. The van der Waals surface area contributed by atoms with Crippen molar-refractivity contribution in [3.63, 3.8) is 0 Å². The lowest BCUT2D eigenvalue weighted by Gasteiger charge is -2.56. The zero-order valence-corrected chi connectivity index (χ0v) is 19.9. The SMILES string of the molecule is O=C(NCc1ccnc(Oc2ccc(F)cc2)c1)C1CCCN1C(=O)C12CC3CC(CC(C3)C1)C2. The number of aromatic nitrogens is 1. The molecule has 0 spiro atoms. The molecule has 1 aromatic heterocycles. The second-order valence-electron chi connectivity index (χ2n) is 11.1. The highest BCUT2D eigenvalue weighted by molar-refractivity contribution is 5.91. The van der Waals surface area contributed by atoms with Gasteiger partial charge < -0.3 is 15.0 Å². The summed E-state index contributed by atoms with van der Waals surface area (Å²) in [5, 5.41) is 3.03. The maximum absolute atomic E-state index is 13.8. The van der Waals surface area contributed by atoms with E-state index in [0.717, 1.165) is 37.7 Å². The average Bonchev–Trinajstić information content (AvgIpc) is 3.33. The lowest BCUT2D eigenvalue weighted by molar-refractivity contribution is -0.160. The molecule has 1 saturated heterocycles. The van der Waals surface area contributed by atoms with Crippen LogP contribution in [0, 0.1) is 29.0 Å². The molecule has 2 aromatic rings. The van der Waals surface area contributed by atoms with Gasteiger partial charge in [-0.3, -0.25) is 9.59 Å². The van der Waals surface area contributed by atoms with Gasteiger partial charge >= 0.3 is 0 Å². The molecule has 7 rings (SSSR count). The van der Waals surface area contributed by atoms with Gasteiger partial charge in [-0.2, -0.15) is 0 Å². The van der Waals surface area contributed by atoms with Crippen molar-refractivity contribution in [3.8, 4) is 11.6 Å². The molecule has 2 amide bonds. The van der Waals surface area contributed by atoms with Crippen LogP contribution in [0.2, 0.25) is 0 Å². The molecule has 184 valence electrons. The third-order valence-corrected chi connectivity index (χ3v) is 8.61. The lowest BCUT2D eigenvalue weighted by atomic mass is 9.49. The van der Waals surface area contributed by atoms with E-state index < -0.39 is 0 Å². The Labute approximate surface area is 205 Å². The predicted molar refractivity (Wildman–Crippen MR) is 128 cm³/mol. The maximum atomic E-state index is 13.8. The molecule has 5 aliphatic rings. The minimum atomic E-state index is -0.382. The number of benzene rings is 1. The Bertz CT molecular complexity index is 1080. The highest BCUT2D eigenvalue weighted by atomic mass is 19.1. The molecular formula is C28H32FN3O3. The smallest absolute Gasteiger partial charge is 0.243 e. The van der Waals surface area contributed by atoms with Gasteiger partial charge in [-0.25, -0.2) is 9.37 Å². The summed E-state index contributed by atoms with van der Waals surface area (Å²) in [5.41, 5.74) is 0.636. The van der Waals surface area contributed by atoms with E-state index in [-0.39, 0.29) is 29.1 Å². The summed E-state index contributed by atoms with van der Waals surface area (Å²) >= 11 is 0. The highest BCUT2D eigenvalue weighted by Gasteiger charge is 2.56. The molecule has 1 atom stereocenters. The minimum absolute atomic E-state index is 0.0848. The monoisotopic (exact) mass is 477 g/mol. The number of carbonyl (C=O) groups excluding carboxylic acids is 2. The van der Waals surface area contributed by atoms with Gasteiger partial charge in [-0.1, -0.05) is 0 Å². The molecule has 1 aliphatic heterocycles. The van der Waals surface area contributed by atoms with Gasteiger partial charge in [-0.15, -0.1) is 0 Å². The molecule has 2 heterocycles. The van der Waals surface area contributed by atoms with Crippen molar-refractivity contribution in [3.05, 3.63) is 54.0 Å². The first-order valence-corrected chi connectivity index (χ1v) is 12.9. The van der Waals surface area contributed by atoms with Crippen molar-refractivity contribution in [2.24, 2.45) is 23.2 Å². The van der Waals surface area contributed by atoms with Gasteiger partial charge in [0.1, 0.15) is 17.6 Å². The Balaban J connectivity index is 1.09. The van der Waals surface area contributed by atoms with Crippen LogP contribution < -0.4 is 10.1 Å². The molecule has 1 N–H and O–H groups in total. The van der Waals surface area contributed by atoms with E-state index in [2.05, 4.69) is 10.3 Å². The number of hydrogen-bond acceptors (Lipinski definition) is 4. The highest BCUT2D eigenvalue weighted by Crippen LogP contribution is 2.60. The molecule has 4 aliphatic carbocycles. The largest absolute Gasteiger partial charge is 0.439 e. The third-order valence-electron chi connectivity index (χ3n) is 8.61. The molecular weight excluding hydrogens is 445 g/mol. The number of hydrogen-bond donors (Lipinski definition) is 1. The second kappa shape index (κ2) is 8.92. The number of rotatable bonds is 6. The molecule has 4 saturated carbocycles. The number of nitrogens with one attached hydrogen (secondary N) is 1. The standard InChI is InChI=1S/C28H32FN3O3/c29-22-3-5-23(6-4-22)35-25-13-18(7-8-30-25)17-31-26(33)24-2-1-9-32(24)27(34)28-14-19-10-20(15-28)12-21(11-19)16-28/h3-8,13,19-21,24H,1-2,9-12,14-17H2,(H,31,33). The van der Waals surface area contributed by atoms with Crippen LogP contribution >= 0.6 is 0 Å². The number of nitrogens with zero attached hydrogens (tertiary/aromatic N) is 2. The van der Waals surface area contributed by atoms with E-state index >= 15 is 0 Å². The van der Waals surface area contributed by atoms with Gasteiger partial charge in [0.15, 0.2) is 0 Å². The quantitative estimate of drug-likeness (QED) is 0.647. The number of amides is 2. The number of ether oxygens (including phenoxy) is 1. The Morgan fingerprint density at radius 2 is 1.74 bits per heavy atom. The predicted octanol–water partition coefficient (Wildman–Crippen LogP) is 4.84. The molecule has 6 nitrogen and oxygen atoms in total. The van der Waals surface area contributed by atoms with Crippen LogP contribution in [0.15, 0.2) is 42.6 Å². The number of carbonyl (C=O) groups is 2. The van der Waals surface area contributed by atoms with E-state index in [4.69, 9.17) is 4.74 Å². The summed E-state index contributed by atoms with van der Waals surface area (Å²) in [6.07, 6.45) is 10.2. The van der Waals surface area contributed by atoms with Crippen molar-refractivity contribution >= 4 is 11.8 Å². The van der Waals surface area contributed by atoms with Crippen LogP contribution in [0.25, 0.3) is 0 Å². The van der Waals surface area contributed by atoms with Gasteiger partial charge in [0.2, 0.25) is 17.7 Å². The van der Waals surface area contributed by atoms with Gasteiger partial charge in [0.05, 0.1) is 5.41 Å². The fraction of sp³-hybridized carbons (Fsp3) is 0.536. The van der Waals surface area contributed by atoms with Crippen molar-refractivity contribution in [1.29, 1.82) is 0 Å². The van der Waals surface area contributed by atoms with Crippen LogP contribution in [0.5, 0.6) is 11.6 Å². The fourth-order valence-electron chi connectivity index (χ4n) is 7.51. The lowest BCUT2D eigenvalue weighted by Crippen LogP contribution is -2.57. The van der Waals surface area contributed by atoms with Crippen LogP contribution in [0.1, 0.15) is 56.9 Å². The maximum Gasteiger partial charge on any atom is 0.243 e. The van der Waals surface area contributed by atoms with E-state index in [0.29, 0.717) is 42.5 Å². The summed E-state index contributed by atoms with van der Waals surface area (Å²) in [5.74, 6) is 2.82. The van der Waals surface area contributed by atoms with Crippen molar-refractivity contribution < 1.29 is 18.7 Å². The van der Waals surface area contributed by atoms with E-state index in [9.17, 15) is 14.0 Å². The van der Waals surface area contributed by atoms with E-state index in [1.54, 1.807) is 24.4 Å². The number of pyridine rings is 1.